The molecule has 1 unspecified atom stereocenters. The van der Waals surface area contributed by atoms with Crippen molar-refractivity contribution in [1.82, 2.24) is 0 Å². The van der Waals surface area contributed by atoms with Crippen molar-refractivity contribution >= 4 is 11.8 Å². The van der Waals surface area contributed by atoms with E-state index in [0.29, 0.717) is 17.4 Å². The van der Waals surface area contributed by atoms with Crippen molar-refractivity contribution in [3.05, 3.63) is 23.3 Å². The fourth-order valence-corrected chi connectivity index (χ4v) is 2.30. The van der Waals surface area contributed by atoms with E-state index >= 15 is 0 Å². The van der Waals surface area contributed by atoms with Crippen LogP contribution in [0.15, 0.2) is 17.1 Å². The lowest BCUT2D eigenvalue weighted by Gasteiger charge is -2.14. The Labute approximate surface area is 123 Å². The smallest absolute Gasteiger partial charge is 0.245 e. The second kappa shape index (κ2) is 6.47. The van der Waals surface area contributed by atoms with Gasteiger partial charge in [0.05, 0.1) is 14.2 Å². The van der Waals surface area contributed by atoms with Gasteiger partial charge in [-0.25, -0.2) is 4.99 Å². The standard InChI is InChI=1S/C15H20N2O4/c1-4-5-9-6-10(7-12(19-2)13(9)20-3)15-17-11(8-21-15)14(16)18/h6-7,11H,4-5,8H2,1-3H3,(H2,16,18). The van der Waals surface area contributed by atoms with Crippen LogP contribution in [-0.2, 0) is 16.0 Å². The Hall–Kier alpha value is -2.24. The number of rotatable bonds is 6. The predicted octanol–water partition coefficient (Wildman–Crippen LogP) is 1.29. The van der Waals surface area contributed by atoms with E-state index in [4.69, 9.17) is 19.9 Å². The molecule has 114 valence electrons. The molecule has 2 N–H and O–H groups in total. The Morgan fingerprint density at radius 2 is 2.19 bits per heavy atom. The van der Waals surface area contributed by atoms with Crippen molar-refractivity contribution in [3.8, 4) is 11.5 Å². The third-order valence-electron chi connectivity index (χ3n) is 3.30. The minimum atomic E-state index is -0.622. The average molecular weight is 292 g/mol. The van der Waals surface area contributed by atoms with E-state index < -0.39 is 11.9 Å². The number of carbonyl (C=O) groups is 1. The normalized spacial score (nSPS) is 17.1. The number of hydrogen-bond acceptors (Lipinski definition) is 5. The lowest BCUT2D eigenvalue weighted by molar-refractivity contribution is -0.119. The van der Waals surface area contributed by atoms with Gasteiger partial charge in [-0.3, -0.25) is 4.79 Å². The van der Waals surface area contributed by atoms with Crippen molar-refractivity contribution in [2.45, 2.75) is 25.8 Å². The molecular formula is C15H20N2O4. The second-order valence-corrected chi connectivity index (χ2v) is 4.78. The number of nitrogens with zero attached hydrogens (tertiary/aromatic N) is 1. The van der Waals surface area contributed by atoms with E-state index in [1.807, 2.05) is 6.07 Å². The molecule has 1 aliphatic rings. The summed E-state index contributed by atoms with van der Waals surface area (Å²) in [5, 5.41) is 0. The number of amides is 1. The zero-order valence-corrected chi connectivity index (χ0v) is 12.5. The zero-order chi connectivity index (χ0) is 15.4. The SMILES string of the molecule is CCCc1cc(C2=NC(C(N)=O)CO2)cc(OC)c1OC. The van der Waals surface area contributed by atoms with Crippen LogP contribution in [0.4, 0.5) is 0 Å². The summed E-state index contributed by atoms with van der Waals surface area (Å²) in [6.45, 7) is 2.27. The van der Waals surface area contributed by atoms with Gasteiger partial charge >= 0.3 is 0 Å². The number of carbonyl (C=O) groups excluding carboxylic acids is 1. The maximum absolute atomic E-state index is 11.2. The van der Waals surface area contributed by atoms with Gasteiger partial charge in [-0.1, -0.05) is 13.3 Å². The quantitative estimate of drug-likeness (QED) is 0.856. The van der Waals surface area contributed by atoms with Gasteiger partial charge in [0.15, 0.2) is 17.5 Å². The van der Waals surface area contributed by atoms with Crippen molar-refractivity contribution in [2.24, 2.45) is 10.7 Å². The summed E-state index contributed by atoms with van der Waals surface area (Å²) in [5.41, 5.74) is 7.03. The van der Waals surface area contributed by atoms with Gasteiger partial charge in [-0.05, 0) is 24.1 Å². The second-order valence-electron chi connectivity index (χ2n) is 4.78. The van der Waals surface area contributed by atoms with E-state index in [9.17, 15) is 4.79 Å². The molecule has 0 radical (unpaired) electrons. The highest BCUT2D eigenvalue weighted by molar-refractivity contribution is 5.98. The summed E-state index contributed by atoms with van der Waals surface area (Å²) in [7, 11) is 3.20. The molecule has 1 aromatic carbocycles. The Morgan fingerprint density at radius 3 is 2.71 bits per heavy atom. The van der Waals surface area contributed by atoms with Crippen molar-refractivity contribution in [1.29, 1.82) is 0 Å². The first-order valence-corrected chi connectivity index (χ1v) is 6.85. The number of aryl methyl sites for hydroxylation is 1. The van der Waals surface area contributed by atoms with Crippen LogP contribution in [-0.4, -0.2) is 38.7 Å². The lowest BCUT2D eigenvalue weighted by Crippen LogP contribution is -2.27. The monoisotopic (exact) mass is 292 g/mol. The molecule has 6 heteroatoms. The summed E-state index contributed by atoms with van der Waals surface area (Å²) in [5.74, 6) is 1.26. The molecule has 6 nitrogen and oxygen atoms in total. The predicted molar refractivity (Wildman–Crippen MR) is 79.0 cm³/mol. The van der Waals surface area contributed by atoms with Crippen molar-refractivity contribution in [3.63, 3.8) is 0 Å². The molecule has 0 aliphatic carbocycles. The molecule has 1 atom stereocenters. The first-order chi connectivity index (χ1) is 10.1. The fourth-order valence-electron chi connectivity index (χ4n) is 2.30. The van der Waals surface area contributed by atoms with Crippen LogP contribution in [0.5, 0.6) is 11.5 Å². The zero-order valence-electron chi connectivity index (χ0n) is 12.5. The van der Waals surface area contributed by atoms with Crippen LogP contribution in [0.3, 0.4) is 0 Å². The van der Waals surface area contributed by atoms with Crippen LogP contribution in [0, 0.1) is 0 Å². The molecule has 1 aromatic rings. The lowest BCUT2D eigenvalue weighted by atomic mass is 10.0. The molecule has 0 bridgehead atoms. The highest BCUT2D eigenvalue weighted by Crippen LogP contribution is 2.34. The first-order valence-electron chi connectivity index (χ1n) is 6.85. The third kappa shape index (κ3) is 3.09. The average Bonchev–Trinajstić information content (AvgIpc) is 2.96. The largest absolute Gasteiger partial charge is 0.493 e. The maximum atomic E-state index is 11.2. The van der Waals surface area contributed by atoms with Crippen LogP contribution in [0.2, 0.25) is 0 Å². The number of methoxy groups -OCH3 is 2. The van der Waals surface area contributed by atoms with Gasteiger partial charge in [0, 0.05) is 5.56 Å². The van der Waals surface area contributed by atoms with E-state index in [2.05, 4.69) is 11.9 Å². The van der Waals surface area contributed by atoms with Gasteiger partial charge in [0.2, 0.25) is 11.8 Å². The summed E-state index contributed by atoms with van der Waals surface area (Å²) < 4.78 is 16.3. The fraction of sp³-hybridized carbons (Fsp3) is 0.467. The van der Waals surface area contributed by atoms with E-state index in [-0.39, 0.29) is 6.61 Å². The molecule has 1 amide bonds. The third-order valence-corrected chi connectivity index (χ3v) is 3.30. The van der Waals surface area contributed by atoms with Crippen LogP contribution in [0.1, 0.15) is 24.5 Å². The molecule has 1 aliphatic heterocycles. The maximum Gasteiger partial charge on any atom is 0.245 e. The molecule has 2 rings (SSSR count). The Bertz CT molecular complexity index is 569. The Balaban J connectivity index is 2.43. The number of benzene rings is 1. The summed E-state index contributed by atoms with van der Waals surface area (Å²) in [4.78, 5) is 15.4. The number of aliphatic imine (C=N–C) groups is 1. The van der Waals surface area contributed by atoms with Crippen molar-refractivity contribution < 1.29 is 19.0 Å². The number of ether oxygens (including phenoxy) is 3. The van der Waals surface area contributed by atoms with E-state index in [1.165, 1.54) is 0 Å². The van der Waals surface area contributed by atoms with Crippen LogP contribution in [0.25, 0.3) is 0 Å². The molecule has 0 aromatic heterocycles. The molecule has 0 spiro atoms. The van der Waals surface area contributed by atoms with Gasteiger partial charge in [0.1, 0.15) is 6.61 Å². The number of primary amides is 1. The minimum Gasteiger partial charge on any atom is -0.493 e. The Morgan fingerprint density at radius 1 is 1.43 bits per heavy atom. The summed E-state index contributed by atoms with van der Waals surface area (Å²) in [6, 6.07) is 3.12. The van der Waals surface area contributed by atoms with E-state index in [0.717, 1.165) is 24.0 Å². The molecule has 21 heavy (non-hydrogen) atoms. The van der Waals surface area contributed by atoms with E-state index in [1.54, 1.807) is 20.3 Å². The van der Waals surface area contributed by atoms with Gasteiger partial charge in [-0.2, -0.15) is 0 Å². The van der Waals surface area contributed by atoms with Gasteiger partial charge in [0.25, 0.3) is 0 Å². The molecular weight excluding hydrogens is 272 g/mol. The van der Waals surface area contributed by atoms with Crippen LogP contribution >= 0.6 is 0 Å². The summed E-state index contributed by atoms with van der Waals surface area (Å²) in [6.07, 6.45) is 1.82. The van der Waals surface area contributed by atoms with Gasteiger partial charge in [-0.15, -0.1) is 0 Å². The highest BCUT2D eigenvalue weighted by atomic mass is 16.5. The van der Waals surface area contributed by atoms with Gasteiger partial charge < -0.3 is 19.9 Å². The highest BCUT2D eigenvalue weighted by Gasteiger charge is 2.26. The number of nitrogens with two attached hydrogens (primary N) is 1. The molecule has 1 heterocycles. The van der Waals surface area contributed by atoms with Crippen LogP contribution < -0.4 is 15.2 Å². The molecule has 0 saturated carbocycles. The topological polar surface area (TPSA) is 83.1 Å². The minimum absolute atomic E-state index is 0.183. The van der Waals surface area contributed by atoms with Crippen molar-refractivity contribution in [2.75, 3.05) is 20.8 Å². The number of hydrogen-bond donors (Lipinski definition) is 1. The molecule has 0 fully saturated rings. The summed E-state index contributed by atoms with van der Waals surface area (Å²) >= 11 is 0. The first kappa shape index (κ1) is 15.2. The molecule has 0 saturated heterocycles. The Kier molecular flexibility index (Phi) is 4.67.